The van der Waals surface area contributed by atoms with E-state index in [4.69, 9.17) is 32.7 Å². The lowest BCUT2D eigenvalue weighted by molar-refractivity contribution is -0.126. The first-order chi connectivity index (χ1) is 12.7. The lowest BCUT2D eigenvalue weighted by Crippen LogP contribution is -2.61. The maximum absolute atomic E-state index is 11.8. The maximum atomic E-state index is 11.8. The summed E-state index contributed by atoms with van der Waals surface area (Å²) in [7, 11) is -1.12. The second-order valence-corrected chi connectivity index (χ2v) is 15.2. The first-order valence-electron chi connectivity index (χ1n) is 9.39. The van der Waals surface area contributed by atoms with E-state index in [9.17, 15) is 4.79 Å². The Labute approximate surface area is 172 Å². The molecule has 1 amide bonds. The van der Waals surface area contributed by atoms with Gasteiger partial charge >= 0.3 is 0 Å². The quantitative estimate of drug-likeness (QED) is 0.395. The summed E-state index contributed by atoms with van der Waals surface area (Å²) in [6.07, 6.45) is 1.56. The van der Waals surface area contributed by atoms with Crippen LogP contribution in [0, 0.1) is 5.41 Å². The summed E-state index contributed by atoms with van der Waals surface area (Å²) in [5, 5.41) is 3.89. The molecule has 2 saturated heterocycles. The summed E-state index contributed by atoms with van der Waals surface area (Å²) in [5.74, 6) is 0.804. The van der Waals surface area contributed by atoms with E-state index < -0.39 is 8.07 Å². The van der Waals surface area contributed by atoms with E-state index in [1.165, 1.54) is 0 Å². The minimum Gasteiger partial charge on any atom is -0.465 e. The Balaban J connectivity index is 1.63. The molecule has 1 aromatic carbocycles. The SMILES string of the molecule is C[Si](C)(C)CCOCOc1ccc(Cl)c(Cl)c1N1CC2(CCNC(=O)C2)C1. The maximum Gasteiger partial charge on any atom is 0.220 e. The van der Waals surface area contributed by atoms with E-state index in [1.807, 2.05) is 6.07 Å². The number of benzene rings is 1. The molecule has 0 bridgehead atoms. The molecule has 1 aromatic rings. The molecule has 2 aliphatic heterocycles. The Morgan fingerprint density at radius 1 is 1.26 bits per heavy atom. The molecule has 2 heterocycles. The number of carbonyl (C=O) groups excluding carboxylic acids is 1. The number of hydrogen-bond donors (Lipinski definition) is 1. The van der Waals surface area contributed by atoms with Crippen molar-refractivity contribution in [2.24, 2.45) is 5.41 Å². The summed E-state index contributed by atoms with van der Waals surface area (Å²) >= 11 is 12.7. The van der Waals surface area contributed by atoms with E-state index >= 15 is 0 Å². The number of carbonyl (C=O) groups is 1. The van der Waals surface area contributed by atoms with Crippen LogP contribution in [0.1, 0.15) is 12.8 Å². The van der Waals surface area contributed by atoms with E-state index in [2.05, 4.69) is 29.9 Å². The molecule has 0 radical (unpaired) electrons. The van der Waals surface area contributed by atoms with Gasteiger partial charge in [0, 0.05) is 46.2 Å². The van der Waals surface area contributed by atoms with Crippen molar-refractivity contribution in [2.75, 3.05) is 37.9 Å². The van der Waals surface area contributed by atoms with Gasteiger partial charge in [0.2, 0.25) is 5.91 Å². The van der Waals surface area contributed by atoms with Crippen molar-refractivity contribution in [3.05, 3.63) is 22.2 Å². The second kappa shape index (κ2) is 8.19. The first-order valence-corrected chi connectivity index (χ1v) is 13.9. The molecule has 150 valence electrons. The van der Waals surface area contributed by atoms with Crippen LogP contribution >= 0.6 is 23.2 Å². The molecule has 0 aromatic heterocycles. The zero-order chi connectivity index (χ0) is 19.7. The van der Waals surface area contributed by atoms with E-state index in [0.717, 1.165) is 37.8 Å². The topological polar surface area (TPSA) is 50.8 Å². The highest BCUT2D eigenvalue weighted by atomic mass is 35.5. The Kier molecular flexibility index (Phi) is 6.30. The van der Waals surface area contributed by atoms with Crippen LogP contribution < -0.4 is 15.0 Å². The molecule has 8 heteroatoms. The molecule has 5 nitrogen and oxygen atoms in total. The molecule has 2 fully saturated rings. The number of anilines is 1. The van der Waals surface area contributed by atoms with Crippen LogP contribution in [0.5, 0.6) is 5.75 Å². The van der Waals surface area contributed by atoms with Crippen molar-refractivity contribution in [2.45, 2.75) is 38.5 Å². The van der Waals surface area contributed by atoms with Gasteiger partial charge in [-0.1, -0.05) is 42.8 Å². The van der Waals surface area contributed by atoms with E-state index in [0.29, 0.717) is 28.8 Å². The smallest absolute Gasteiger partial charge is 0.220 e. The Hall–Kier alpha value is -0.953. The molecule has 3 rings (SSSR count). The van der Waals surface area contributed by atoms with Gasteiger partial charge in [0.25, 0.3) is 0 Å². The zero-order valence-corrected chi connectivity index (χ0v) is 18.8. The number of nitrogens with one attached hydrogen (secondary N) is 1. The monoisotopic (exact) mass is 430 g/mol. The van der Waals surface area contributed by atoms with Crippen LogP contribution in [-0.2, 0) is 9.53 Å². The highest BCUT2D eigenvalue weighted by molar-refractivity contribution is 6.76. The summed E-state index contributed by atoms with van der Waals surface area (Å²) < 4.78 is 11.5. The summed E-state index contributed by atoms with van der Waals surface area (Å²) in [5.41, 5.74) is 0.841. The van der Waals surface area contributed by atoms with Crippen LogP contribution in [0.25, 0.3) is 0 Å². The van der Waals surface area contributed by atoms with Crippen LogP contribution in [0.15, 0.2) is 12.1 Å². The summed E-state index contributed by atoms with van der Waals surface area (Å²) in [6, 6.07) is 4.68. The number of nitrogens with zero attached hydrogens (tertiary/aromatic N) is 1. The average Bonchev–Trinajstić information content (AvgIpc) is 2.55. The predicted octanol–water partition coefficient (Wildman–Crippen LogP) is 4.40. The zero-order valence-electron chi connectivity index (χ0n) is 16.2. The minimum absolute atomic E-state index is 0.0408. The lowest BCUT2D eigenvalue weighted by atomic mass is 9.72. The molecule has 0 saturated carbocycles. The van der Waals surface area contributed by atoms with Crippen molar-refractivity contribution in [3.8, 4) is 5.75 Å². The van der Waals surface area contributed by atoms with Gasteiger partial charge in [0.05, 0.1) is 15.7 Å². The molecule has 2 aliphatic rings. The van der Waals surface area contributed by atoms with Gasteiger partial charge in [-0.25, -0.2) is 0 Å². The number of amides is 1. The van der Waals surface area contributed by atoms with E-state index in [1.54, 1.807) is 6.07 Å². The summed E-state index contributed by atoms with van der Waals surface area (Å²) in [6.45, 7) is 10.2. The van der Waals surface area contributed by atoms with Gasteiger partial charge in [-0.15, -0.1) is 0 Å². The molecular weight excluding hydrogens is 403 g/mol. The van der Waals surface area contributed by atoms with Crippen LogP contribution in [0.3, 0.4) is 0 Å². The molecule has 0 unspecified atom stereocenters. The normalized spacial score (nSPS) is 19.0. The fraction of sp³-hybridized carbons (Fsp3) is 0.632. The molecule has 0 aliphatic carbocycles. The standard InChI is InChI=1S/C19H28Cl2N2O3Si/c1-27(2,3)9-8-25-13-26-15-5-4-14(20)17(21)18(15)23-11-19(12-23)6-7-22-16(24)10-19/h4-5H,6-13H2,1-3H3,(H,22,24). The number of halogens is 2. The van der Waals surface area contributed by atoms with Crippen LogP contribution in [0.4, 0.5) is 5.69 Å². The Bertz CT molecular complexity index is 703. The fourth-order valence-electron chi connectivity index (χ4n) is 3.63. The van der Waals surface area contributed by atoms with Crippen molar-refractivity contribution in [1.82, 2.24) is 5.32 Å². The van der Waals surface area contributed by atoms with Crippen molar-refractivity contribution < 1.29 is 14.3 Å². The van der Waals surface area contributed by atoms with E-state index in [-0.39, 0.29) is 18.1 Å². The van der Waals surface area contributed by atoms with Crippen LogP contribution in [-0.4, -0.2) is 47.0 Å². The van der Waals surface area contributed by atoms with Gasteiger partial charge in [-0.05, 0) is 24.6 Å². The highest BCUT2D eigenvalue weighted by Gasteiger charge is 2.47. The highest BCUT2D eigenvalue weighted by Crippen LogP contribution is 2.48. The third-order valence-corrected chi connectivity index (χ3v) is 7.71. The minimum atomic E-state index is -1.12. The van der Waals surface area contributed by atoms with Gasteiger partial charge in [-0.3, -0.25) is 4.79 Å². The molecule has 1 N–H and O–H groups in total. The number of hydrogen-bond acceptors (Lipinski definition) is 4. The molecule has 0 atom stereocenters. The average molecular weight is 431 g/mol. The Morgan fingerprint density at radius 2 is 2.00 bits per heavy atom. The van der Waals surface area contributed by atoms with Gasteiger partial charge in [0.1, 0.15) is 5.75 Å². The third kappa shape index (κ3) is 5.11. The largest absolute Gasteiger partial charge is 0.465 e. The molecule has 27 heavy (non-hydrogen) atoms. The number of ether oxygens (including phenoxy) is 2. The first kappa shape index (κ1) is 20.8. The summed E-state index contributed by atoms with van der Waals surface area (Å²) in [4.78, 5) is 13.9. The van der Waals surface area contributed by atoms with Crippen molar-refractivity contribution in [1.29, 1.82) is 0 Å². The van der Waals surface area contributed by atoms with Crippen molar-refractivity contribution >= 4 is 42.9 Å². The molecular formula is C19H28Cl2N2O3Si. The van der Waals surface area contributed by atoms with Crippen molar-refractivity contribution in [3.63, 3.8) is 0 Å². The lowest BCUT2D eigenvalue weighted by Gasteiger charge is -2.53. The van der Waals surface area contributed by atoms with Gasteiger partial charge < -0.3 is 19.7 Å². The van der Waals surface area contributed by atoms with Gasteiger partial charge in [0.15, 0.2) is 6.79 Å². The molecule has 1 spiro atoms. The second-order valence-electron chi connectivity index (χ2n) is 8.82. The van der Waals surface area contributed by atoms with Gasteiger partial charge in [-0.2, -0.15) is 0 Å². The van der Waals surface area contributed by atoms with Crippen LogP contribution in [0.2, 0.25) is 35.7 Å². The number of piperidine rings is 1. The fourth-order valence-corrected chi connectivity index (χ4v) is 4.81. The third-order valence-electron chi connectivity index (χ3n) is 5.21. The number of rotatable bonds is 7. The predicted molar refractivity (Wildman–Crippen MR) is 113 cm³/mol. The Morgan fingerprint density at radius 3 is 2.67 bits per heavy atom.